The summed E-state index contributed by atoms with van der Waals surface area (Å²) in [6, 6.07) is 17.1. The molecular weight excluding hydrogens is 270 g/mol. The molecular formula is C19H19N3. The summed E-state index contributed by atoms with van der Waals surface area (Å²) in [5, 5.41) is 6.14. The zero-order valence-electron chi connectivity index (χ0n) is 12.4. The van der Waals surface area contributed by atoms with E-state index in [0.717, 1.165) is 19.5 Å². The van der Waals surface area contributed by atoms with Crippen molar-refractivity contribution in [3.63, 3.8) is 0 Å². The van der Waals surface area contributed by atoms with Crippen molar-refractivity contribution in [3.8, 4) is 0 Å². The average molecular weight is 289 g/mol. The van der Waals surface area contributed by atoms with E-state index in [1.807, 2.05) is 6.20 Å². The second-order valence-electron chi connectivity index (χ2n) is 5.69. The molecule has 0 bridgehead atoms. The molecule has 0 fully saturated rings. The van der Waals surface area contributed by atoms with Gasteiger partial charge < -0.3 is 15.3 Å². The topological polar surface area (TPSA) is 43.6 Å². The minimum atomic E-state index is 0.906. The lowest BCUT2D eigenvalue weighted by Crippen LogP contribution is -2.16. The molecule has 0 aliphatic rings. The van der Waals surface area contributed by atoms with Crippen LogP contribution in [-0.4, -0.2) is 16.5 Å². The van der Waals surface area contributed by atoms with Gasteiger partial charge in [0.25, 0.3) is 0 Å². The lowest BCUT2D eigenvalue weighted by atomic mass is 10.1. The van der Waals surface area contributed by atoms with Crippen LogP contribution in [-0.2, 0) is 13.0 Å². The largest absolute Gasteiger partial charge is 0.361 e. The highest BCUT2D eigenvalue weighted by atomic mass is 14.8. The van der Waals surface area contributed by atoms with E-state index in [9.17, 15) is 0 Å². The molecule has 0 saturated heterocycles. The smallest absolute Gasteiger partial charge is 0.0456 e. The van der Waals surface area contributed by atoms with Gasteiger partial charge in [0.2, 0.25) is 0 Å². The molecule has 22 heavy (non-hydrogen) atoms. The molecule has 0 unspecified atom stereocenters. The van der Waals surface area contributed by atoms with Crippen molar-refractivity contribution in [1.82, 2.24) is 15.3 Å². The summed E-state index contributed by atoms with van der Waals surface area (Å²) in [4.78, 5) is 6.56. The third-order valence-corrected chi connectivity index (χ3v) is 4.19. The minimum Gasteiger partial charge on any atom is -0.361 e. The summed E-state index contributed by atoms with van der Waals surface area (Å²) in [6.45, 7) is 1.89. The molecule has 2 aromatic carbocycles. The number of benzene rings is 2. The fourth-order valence-electron chi connectivity index (χ4n) is 3.01. The number of fused-ring (bicyclic) bond motifs is 2. The van der Waals surface area contributed by atoms with Crippen LogP contribution in [0.1, 0.15) is 11.1 Å². The molecule has 3 nitrogen and oxygen atoms in total. The van der Waals surface area contributed by atoms with E-state index < -0.39 is 0 Å². The van der Waals surface area contributed by atoms with Crippen LogP contribution in [0.4, 0.5) is 0 Å². The van der Waals surface area contributed by atoms with Crippen molar-refractivity contribution in [2.24, 2.45) is 0 Å². The summed E-state index contributed by atoms with van der Waals surface area (Å²) < 4.78 is 0. The lowest BCUT2D eigenvalue weighted by Gasteiger charge is -2.05. The summed E-state index contributed by atoms with van der Waals surface area (Å²) in [5.74, 6) is 0. The van der Waals surface area contributed by atoms with Crippen molar-refractivity contribution < 1.29 is 0 Å². The van der Waals surface area contributed by atoms with Crippen molar-refractivity contribution in [2.75, 3.05) is 6.54 Å². The van der Waals surface area contributed by atoms with Gasteiger partial charge in [-0.1, -0.05) is 24.3 Å². The van der Waals surface area contributed by atoms with E-state index in [1.54, 1.807) is 0 Å². The SMILES string of the molecule is c1ccc2c(CCNCc3ccc4[nH]ccc4c3)c[nH]c2c1. The van der Waals surface area contributed by atoms with Gasteiger partial charge in [0.05, 0.1) is 0 Å². The highest BCUT2D eigenvalue weighted by Gasteiger charge is 2.02. The number of H-pyrrole nitrogens is 2. The van der Waals surface area contributed by atoms with Gasteiger partial charge in [-0.2, -0.15) is 0 Å². The Labute approximate surface area is 129 Å². The first kappa shape index (κ1) is 13.2. The molecule has 0 aliphatic carbocycles. The Balaban J connectivity index is 1.37. The van der Waals surface area contributed by atoms with Crippen LogP contribution >= 0.6 is 0 Å². The molecule has 0 amide bonds. The van der Waals surface area contributed by atoms with Gasteiger partial charge in [-0.25, -0.2) is 0 Å². The molecule has 0 radical (unpaired) electrons. The summed E-state index contributed by atoms with van der Waals surface area (Å²) in [7, 11) is 0. The van der Waals surface area contributed by atoms with Gasteiger partial charge in [0.1, 0.15) is 0 Å². The molecule has 2 heterocycles. The van der Waals surface area contributed by atoms with Crippen molar-refractivity contribution in [3.05, 3.63) is 72.1 Å². The van der Waals surface area contributed by atoms with Gasteiger partial charge in [0.15, 0.2) is 0 Å². The van der Waals surface area contributed by atoms with Crippen molar-refractivity contribution in [2.45, 2.75) is 13.0 Å². The van der Waals surface area contributed by atoms with Crippen LogP contribution in [0.15, 0.2) is 60.9 Å². The number of nitrogens with one attached hydrogen (secondary N) is 3. The number of hydrogen-bond acceptors (Lipinski definition) is 1. The maximum atomic E-state index is 3.54. The maximum absolute atomic E-state index is 3.54. The molecule has 0 spiro atoms. The Morgan fingerprint density at radius 3 is 2.86 bits per heavy atom. The highest BCUT2D eigenvalue weighted by Crippen LogP contribution is 2.18. The quantitative estimate of drug-likeness (QED) is 0.478. The van der Waals surface area contributed by atoms with E-state index >= 15 is 0 Å². The van der Waals surface area contributed by atoms with E-state index in [4.69, 9.17) is 0 Å². The molecule has 4 rings (SSSR count). The zero-order chi connectivity index (χ0) is 14.8. The van der Waals surface area contributed by atoms with Crippen LogP contribution in [0.3, 0.4) is 0 Å². The van der Waals surface area contributed by atoms with Crippen molar-refractivity contribution >= 4 is 21.8 Å². The summed E-state index contributed by atoms with van der Waals surface area (Å²) in [5.41, 5.74) is 5.12. The fourth-order valence-corrected chi connectivity index (χ4v) is 3.01. The molecule has 0 aliphatic heterocycles. The van der Waals surface area contributed by atoms with Gasteiger partial charge in [-0.05, 0) is 53.7 Å². The highest BCUT2D eigenvalue weighted by molar-refractivity contribution is 5.83. The molecule has 0 saturated carbocycles. The third kappa shape index (κ3) is 2.51. The zero-order valence-corrected chi connectivity index (χ0v) is 12.4. The van der Waals surface area contributed by atoms with E-state index in [-0.39, 0.29) is 0 Å². The van der Waals surface area contributed by atoms with Crippen LogP contribution in [0, 0.1) is 0 Å². The predicted octanol–water partition coefficient (Wildman–Crippen LogP) is 3.98. The van der Waals surface area contributed by atoms with Crippen LogP contribution in [0.2, 0.25) is 0 Å². The molecule has 3 N–H and O–H groups in total. The molecule has 4 aromatic rings. The first-order valence-electron chi connectivity index (χ1n) is 7.72. The standard InChI is InChI=1S/C19H19N3/c1-2-4-19-17(3-1)16(13-22-19)7-9-20-12-14-5-6-18-15(11-14)8-10-21-18/h1-6,8,10-11,13,20-22H,7,9,12H2. The summed E-state index contributed by atoms with van der Waals surface area (Å²) in [6.07, 6.45) is 5.15. The van der Waals surface area contributed by atoms with Gasteiger partial charge in [-0.15, -0.1) is 0 Å². The number of hydrogen-bond donors (Lipinski definition) is 3. The second kappa shape index (κ2) is 5.70. The Morgan fingerprint density at radius 1 is 0.909 bits per heavy atom. The van der Waals surface area contributed by atoms with Crippen LogP contribution in [0.25, 0.3) is 21.8 Å². The van der Waals surface area contributed by atoms with E-state index in [0.29, 0.717) is 0 Å². The molecule has 0 atom stereocenters. The van der Waals surface area contributed by atoms with Crippen LogP contribution in [0.5, 0.6) is 0 Å². The Morgan fingerprint density at radius 2 is 1.86 bits per heavy atom. The number of para-hydroxylation sites is 1. The van der Waals surface area contributed by atoms with Gasteiger partial charge in [0, 0.05) is 35.4 Å². The first-order chi connectivity index (χ1) is 10.9. The molecule has 2 aromatic heterocycles. The average Bonchev–Trinajstić information content (AvgIpc) is 3.18. The maximum Gasteiger partial charge on any atom is 0.0456 e. The summed E-state index contributed by atoms with van der Waals surface area (Å²) >= 11 is 0. The number of aromatic amines is 2. The normalized spacial score (nSPS) is 11.5. The number of rotatable bonds is 5. The molecule has 110 valence electrons. The van der Waals surface area contributed by atoms with Gasteiger partial charge >= 0.3 is 0 Å². The predicted molar refractivity (Wildman–Crippen MR) is 92.0 cm³/mol. The fraction of sp³-hybridized carbons (Fsp3) is 0.158. The second-order valence-corrected chi connectivity index (χ2v) is 5.69. The van der Waals surface area contributed by atoms with Gasteiger partial charge in [-0.3, -0.25) is 0 Å². The van der Waals surface area contributed by atoms with E-state index in [2.05, 4.69) is 70.0 Å². The van der Waals surface area contributed by atoms with Crippen molar-refractivity contribution in [1.29, 1.82) is 0 Å². The third-order valence-electron chi connectivity index (χ3n) is 4.19. The Bertz CT molecular complexity index is 901. The molecule has 3 heteroatoms. The number of aromatic nitrogens is 2. The Hall–Kier alpha value is -2.52. The minimum absolute atomic E-state index is 0.906. The first-order valence-corrected chi connectivity index (χ1v) is 7.72. The van der Waals surface area contributed by atoms with Crippen LogP contribution < -0.4 is 5.32 Å². The Kier molecular flexibility index (Phi) is 3.41. The monoisotopic (exact) mass is 289 g/mol. The lowest BCUT2D eigenvalue weighted by molar-refractivity contribution is 0.689. The van der Waals surface area contributed by atoms with E-state index in [1.165, 1.54) is 32.9 Å².